The van der Waals surface area contributed by atoms with E-state index in [1.165, 1.54) is 58.4 Å². The first-order valence-electron chi connectivity index (χ1n) is 7.46. The minimum atomic E-state index is 0.376. The molecule has 0 spiro atoms. The SMILES string of the molecule is CC(N)C1CCCN(C2CCN3CCC2C3)C1. The summed E-state index contributed by atoms with van der Waals surface area (Å²) in [6, 6.07) is 1.25. The average molecular weight is 237 g/mol. The Kier molecular flexibility index (Phi) is 3.42. The molecule has 3 aliphatic heterocycles. The maximum atomic E-state index is 6.10. The van der Waals surface area contributed by atoms with Gasteiger partial charge in [-0.2, -0.15) is 0 Å². The number of nitrogens with two attached hydrogens (primary N) is 1. The Balaban J connectivity index is 1.63. The molecule has 5 atom stereocenters. The average Bonchev–Trinajstić information content (AvgIpc) is 2.71. The molecule has 3 heterocycles. The predicted octanol–water partition coefficient (Wildman–Crippen LogP) is 1.14. The predicted molar refractivity (Wildman–Crippen MR) is 70.9 cm³/mol. The van der Waals surface area contributed by atoms with E-state index in [-0.39, 0.29) is 0 Å². The molecule has 0 aromatic rings. The molecule has 0 amide bonds. The highest BCUT2D eigenvalue weighted by Crippen LogP contribution is 2.33. The lowest BCUT2D eigenvalue weighted by atomic mass is 9.87. The summed E-state index contributed by atoms with van der Waals surface area (Å²) in [5.41, 5.74) is 6.10. The maximum absolute atomic E-state index is 6.10. The van der Waals surface area contributed by atoms with Crippen LogP contribution in [0.15, 0.2) is 0 Å². The lowest BCUT2D eigenvalue weighted by Crippen LogP contribution is -2.52. The van der Waals surface area contributed by atoms with Gasteiger partial charge in [0.2, 0.25) is 0 Å². The summed E-state index contributed by atoms with van der Waals surface area (Å²) in [5, 5.41) is 0. The standard InChI is InChI=1S/C14H27N3/c1-11(15)12-3-2-6-17(10-12)14-5-8-16-7-4-13(14)9-16/h11-14H,2-10,15H2,1H3. The highest BCUT2D eigenvalue weighted by atomic mass is 15.2. The Morgan fingerprint density at radius 1 is 1.06 bits per heavy atom. The Morgan fingerprint density at radius 2 is 1.88 bits per heavy atom. The van der Waals surface area contributed by atoms with E-state index in [0.29, 0.717) is 6.04 Å². The van der Waals surface area contributed by atoms with Gasteiger partial charge in [0.05, 0.1) is 0 Å². The summed E-state index contributed by atoms with van der Waals surface area (Å²) in [7, 11) is 0. The van der Waals surface area contributed by atoms with Gasteiger partial charge < -0.3 is 10.6 Å². The van der Waals surface area contributed by atoms with Crippen molar-refractivity contribution in [2.75, 3.05) is 32.7 Å². The van der Waals surface area contributed by atoms with Crippen LogP contribution in [0, 0.1) is 11.8 Å². The number of likely N-dealkylation sites (tertiary alicyclic amines) is 1. The van der Waals surface area contributed by atoms with Gasteiger partial charge in [-0.3, -0.25) is 4.90 Å². The molecule has 3 fully saturated rings. The third-order valence-corrected chi connectivity index (χ3v) is 5.30. The van der Waals surface area contributed by atoms with Gasteiger partial charge in [0, 0.05) is 25.2 Å². The van der Waals surface area contributed by atoms with Gasteiger partial charge in [-0.25, -0.2) is 0 Å². The van der Waals surface area contributed by atoms with E-state index >= 15 is 0 Å². The second kappa shape index (κ2) is 4.87. The molecule has 0 aliphatic carbocycles. The number of nitrogens with zero attached hydrogens (tertiary/aromatic N) is 2. The normalized spacial score (nSPS) is 44.8. The minimum Gasteiger partial charge on any atom is -0.328 e. The molecule has 0 aromatic carbocycles. The third-order valence-electron chi connectivity index (χ3n) is 5.30. The summed E-state index contributed by atoms with van der Waals surface area (Å²) < 4.78 is 0. The van der Waals surface area contributed by atoms with Crippen molar-refractivity contribution in [1.29, 1.82) is 0 Å². The molecule has 17 heavy (non-hydrogen) atoms. The summed E-state index contributed by atoms with van der Waals surface area (Å²) in [6.07, 6.45) is 5.54. The molecule has 5 unspecified atom stereocenters. The molecule has 3 rings (SSSR count). The number of rotatable bonds is 2. The van der Waals surface area contributed by atoms with Crippen molar-refractivity contribution in [3.8, 4) is 0 Å². The number of hydrogen-bond donors (Lipinski definition) is 1. The molecule has 3 heteroatoms. The molecule has 3 nitrogen and oxygen atoms in total. The van der Waals surface area contributed by atoms with E-state index in [0.717, 1.165) is 17.9 Å². The van der Waals surface area contributed by atoms with Crippen LogP contribution >= 0.6 is 0 Å². The molecule has 98 valence electrons. The molecule has 2 bridgehead atoms. The van der Waals surface area contributed by atoms with Crippen molar-refractivity contribution in [1.82, 2.24) is 9.80 Å². The fraction of sp³-hybridized carbons (Fsp3) is 1.00. The fourth-order valence-electron chi connectivity index (χ4n) is 4.18. The summed E-state index contributed by atoms with van der Waals surface area (Å²) in [5.74, 6) is 1.69. The monoisotopic (exact) mass is 237 g/mol. The first-order chi connectivity index (χ1) is 8.24. The van der Waals surface area contributed by atoms with Gasteiger partial charge in [0.25, 0.3) is 0 Å². The third kappa shape index (κ3) is 2.38. The second-order valence-corrected chi connectivity index (χ2v) is 6.46. The molecular weight excluding hydrogens is 210 g/mol. The van der Waals surface area contributed by atoms with E-state index in [2.05, 4.69) is 16.7 Å². The Morgan fingerprint density at radius 3 is 2.71 bits per heavy atom. The number of fused-ring (bicyclic) bond motifs is 2. The summed E-state index contributed by atoms with van der Waals surface area (Å²) in [4.78, 5) is 5.43. The maximum Gasteiger partial charge on any atom is 0.0148 e. The second-order valence-electron chi connectivity index (χ2n) is 6.46. The van der Waals surface area contributed by atoms with Crippen LogP contribution in [0.25, 0.3) is 0 Å². The molecule has 3 saturated heterocycles. The quantitative estimate of drug-likeness (QED) is 0.782. The van der Waals surface area contributed by atoms with Crippen molar-refractivity contribution < 1.29 is 0 Å². The van der Waals surface area contributed by atoms with Gasteiger partial charge in [0.1, 0.15) is 0 Å². The van der Waals surface area contributed by atoms with Gasteiger partial charge in [-0.15, -0.1) is 0 Å². The number of hydrogen-bond acceptors (Lipinski definition) is 3. The molecule has 3 aliphatic rings. The molecule has 0 aromatic heterocycles. The van der Waals surface area contributed by atoms with E-state index in [9.17, 15) is 0 Å². The van der Waals surface area contributed by atoms with Crippen LogP contribution in [0.2, 0.25) is 0 Å². The van der Waals surface area contributed by atoms with E-state index in [4.69, 9.17) is 5.73 Å². The van der Waals surface area contributed by atoms with Gasteiger partial charge in [-0.1, -0.05) is 0 Å². The highest BCUT2D eigenvalue weighted by Gasteiger charge is 2.38. The highest BCUT2D eigenvalue weighted by molar-refractivity contribution is 4.94. The largest absolute Gasteiger partial charge is 0.328 e. The van der Waals surface area contributed by atoms with Crippen molar-refractivity contribution in [3.05, 3.63) is 0 Å². The molecular formula is C14H27N3. The Hall–Kier alpha value is -0.120. The van der Waals surface area contributed by atoms with E-state index in [1.54, 1.807) is 0 Å². The van der Waals surface area contributed by atoms with Crippen LogP contribution in [0.1, 0.15) is 32.6 Å². The topological polar surface area (TPSA) is 32.5 Å². The lowest BCUT2D eigenvalue weighted by molar-refractivity contribution is 0.0564. The van der Waals surface area contributed by atoms with Crippen LogP contribution < -0.4 is 5.73 Å². The molecule has 0 saturated carbocycles. The van der Waals surface area contributed by atoms with Crippen LogP contribution in [-0.2, 0) is 0 Å². The first kappa shape index (κ1) is 11.9. The van der Waals surface area contributed by atoms with Gasteiger partial charge in [-0.05, 0) is 64.1 Å². The van der Waals surface area contributed by atoms with E-state index < -0.39 is 0 Å². The summed E-state index contributed by atoms with van der Waals surface area (Å²) >= 11 is 0. The van der Waals surface area contributed by atoms with Crippen LogP contribution in [0.4, 0.5) is 0 Å². The molecule has 2 N–H and O–H groups in total. The Bertz CT molecular complexity index is 266. The zero-order valence-electron chi connectivity index (χ0n) is 11.1. The fourth-order valence-corrected chi connectivity index (χ4v) is 4.18. The van der Waals surface area contributed by atoms with Gasteiger partial charge >= 0.3 is 0 Å². The smallest absolute Gasteiger partial charge is 0.0148 e. The van der Waals surface area contributed by atoms with Crippen molar-refractivity contribution in [2.45, 2.75) is 44.7 Å². The van der Waals surface area contributed by atoms with Crippen molar-refractivity contribution >= 4 is 0 Å². The van der Waals surface area contributed by atoms with E-state index in [1.807, 2.05) is 0 Å². The van der Waals surface area contributed by atoms with Gasteiger partial charge in [0.15, 0.2) is 0 Å². The van der Waals surface area contributed by atoms with Crippen molar-refractivity contribution in [2.24, 2.45) is 17.6 Å². The number of piperidine rings is 2. The van der Waals surface area contributed by atoms with Crippen LogP contribution in [-0.4, -0.2) is 54.6 Å². The van der Waals surface area contributed by atoms with Crippen LogP contribution in [0.5, 0.6) is 0 Å². The summed E-state index contributed by atoms with van der Waals surface area (Å²) in [6.45, 7) is 8.83. The minimum absolute atomic E-state index is 0.376. The lowest BCUT2D eigenvalue weighted by Gasteiger charge is -2.44. The zero-order valence-corrected chi connectivity index (χ0v) is 11.1. The van der Waals surface area contributed by atoms with Crippen molar-refractivity contribution in [3.63, 3.8) is 0 Å². The Labute approximate surface area is 105 Å². The van der Waals surface area contributed by atoms with Crippen LogP contribution in [0.3, 0.4) is 0 Å². The zero-order chi connectivity index (χ0) is 11.8. The first-order valence-corrected chi connectivity index (χ1v) is 7.46. The molecule has 0 radical (unpaired) electrons.